The monoisotopic (exact) mass is 621 g/mol. The number of aliphatic hydroxyl groups excluding tert-OH is 2. The van der Waals surface area contributed by atoms with Gasteiger partial charge in [-0.05, 0) is 34.5 Å². The number of benzene rings is 4. The molecule has 4 aromatic rings. The third kappa shape index (κ3) is 6.07. The van der Waals surface area contributed by atoms with Crippen molar-refractivity contribution in [2.24, 2.45) is 5.92 Å². The first kappa shape index (κ1) is 31.9. The van der Waals surface area contributed by atoms with Crippen molar-refractivity contribution in [3.63, 3.8) is 0 Å². The van der Waals surface area contributed by atoms with E-state index in [0.717, 1.165) is 15.9 Å². The van der Waals surface area contributed by atoms with Crippen molar-refractivity contribution in [3.8, 4) is 0 Å². The summed E-state index contributed by atoms with van der Waals surface area (Å²) < 4.78 is 5.76. The van der Waals surface area contributed by atoms with Crippen molar-refractivity contribution in [3.05, 3.63) is 139 Å². The summed E-state index contributed by atoms with van der Waals surface area (Å²) in [7, 11) is 0. The maximum absolute atomic E-state index is 14.5. The zero-order valence-electron chi connectivity index (χ0n) is 25.0. The maximum atomic E-state index is 14.5. The zero-order valence-corrected chi connectivity index (χ0v) is 25.9. The van der Waals surface area contributed by atoms with E-state index in [1.807, 2.05) is 91.0 Å². The summed E-state index contributed by atoms with van der Waals surface area (Å²) in [6.07, 6.45) is 0.250. The highest BCUT2D eigenvalue weighted by Crippen LogP contribution is 2.50. The van der Waals surface area contributed by atoms with Crippen LogP contribution in [0.25, 0.3) is 0 Å². The Labute approximate surface area is 263 Å². The smallest absolute Gasteiger partial charge is 0.356 e. The molecular formula is C37H36NO6P. The van der Waals surface area contributed by atoms with Crippen LogP contribution in [0.5, 0.6) is 0 Å². The molecule has 1 aliphatic heterocycles. The first-order valence-corrected chi connectivity index (χ1v) is 16.6. The fourth-order valence-corrected chi connectivity index (χ4v) is 10.5. The lowest BCUT2D eigenvalue weighted by Crippen LogP contribution is -2.68. The molecule has 8 heteroatoms. The number of hydrogen-bond donors (Lipinski definition) is 2. The van der Waals surface area contributed by atoms with Crippen molar-refractivity contribution in [2.45, 2.75) is 32.1 Å². The number of ether oxygens (including phenoxy) is 1. The minimum absolute atomic E-state index is 0.0832. The number of esters is 1. The molecule has 1 saturated heterocycles. The predicted molar refractivity (Wildman–Crippen MR) is 178 cm³/mol. The number of amides is 1. The number of aliphatic hydroxyl groups is 2. The SMILES string of the molecule is C=CCOC(=O)C(N1C(=O)[C@H]([C@@H](C)O)[C@H]1CC(=O)c1cccc(CO)c1)=P(c1ccccc1)(c1ccccc1)c1ccccc1. The second kappa shape index (κ2) is 14.0. The molecule has 0 bridgehead atoms. The van der Waals surface area contributed by atoms with E-state index >= 15 is 0 Å². The summed E-state index contributed by atoms with van der Waals surface area (Å²) in [5.74, 6) is -2.34. The summed E-state index contributed by atoms with van der Waals surface area (Å²) in [6, 6.07) is 34.6. The van der Waals surface area contributed by atoms with Crippen molar-refractivity contribution >= 4 is 45.9 Å². The van der Waals surface area contributed by atoms with E-state index in [0.29, 0.717) is 11.1 Å². The van der Waals surface area contributed by atoms with Crippen molar-refractivity contribution in [1.29, 1.82) is 0 Å². The van der Waals surface area contributed by atoms with Crippen LogP contribution in [0.3, 0.4) is 0 Å². The number of Topliss-reactive ketones (excluding diaryl/α,β-unsaturated/α-hetero) is 1. The number of likely N-dealkylation sites (tertiary alicyclic amines) is 1. The Morgan fingerprint density at radius 3 is 1.89 bits per heavy atom. The van der Waals surface area contributed by atoms with Crippen molar-refractivity contribution in [1.82, 2.24) is 4.90 Å². The summed E-state index contributed by atoms with van der Waals surface area (Å²) in [6.45, 7) is 1.77. The van der Waals surface area contributed by atoms with Gasteiger partial charge in [-0.2, -0.15) is 0 Å². The third-order valence-electron chi connectivity index (χ3n) is 8.11. The van der Waals surface area contributed by atoms with Crippen LogP contribution < -0.4 is 15.9 Å². The normalized spacial score (nSPS) is 16.8. The molecule has 0 unspecified atom stereocenters. The van der Waals surface area contributed by atoms with Crippen LogP contribution in [-0.4, -0.2) is 56.9 Å². The van der Waals surface area contributed by atoms with E-state index in [4.69, 9.17) is 4.74 Å². The average molecular weight is 622 g/mol. The fourth-order valence-electron chi connectivity index (χ4n) is 6.09. The van der Waals surface area contributed by atoms with E-state index < -0.39 is 36.8 Å². The Bertz CT molecular complexity index is 1630. The second-order valence-electron chi connectivity index (χ2n) is 10.9. The molecule has 2 N–H and O–H groups in total. The van der Waals surface area contributed by atoms with Crippen LogP contribution in [-0.2, 0) is 20.9 Å². The lowest BCUT2D eigenvalue weighted by atomic mass is 9.79. The number of hydrogen-bond acceptors (Lipinski definition) is 6. The standard InChI is InChI=1S/C37H36NO6P/c1-3-22-44-37(43)36(38-32(34(26(2)40)35(38)42)24-33(41)28-15-13-14-27(23-28)25-39)45(29-16-7-4-8-17-29,30-18-9-5-10-19-30)31-20-11-6-12-21-31/h3-21,23,26,32,34,39-40H,1,22,24-25H2,2H3/t26-,32-,34-/m1/s1. The quantitative estimate of drug-likeness (QED) is 0.0820. The molecule has 3 atom stereocenters. The Hall–Kier alpha value is -4.55. The summed E-state index contributed by atoms with van der Waals surface area (Å²) in [5, 5.41) is 22.9. The van der Waals surface area contributed by atoms with E-state index in [2.05, 4.69) is 6.58 Å². The zero-order chi connectivity index (χ0) is 32.0. The molecule has 0 radical (unpaired) electrons. The second-order valence-corrected chi connectivity index (χ2v) is 14.2. The summed E-state index contributed by atoms with van der Waals surface area (Å²) in [4.78, 5) is 43.8. The van der Waals surface area contributed by atoms with Gasteiger partial charge >= 0.3 is 5.97 Å². The highest BCUT2D eigenvalue weighted by atomic mass is 31.2. The Kier molecular flexibility index (Phi) is 9.94. The highest BCUT2D eigenvalue weighted by molar-refractivity contribution is 7.96. The largest absolute Gasteiger partial charge is 0.457 e. The third-order valence-corrected chi connectivity index (χ3v) is 12.4. The molecule has 1 aliphatic rings. The minimum Gasteiger partial charge on any atom is -0.457 e. The lowest BCUT2D eigenvalue weighted by molar-refractivity contribution is -0.157. The number of carbonyl (C=O) groups excluding carboxylic acids is 3. The number of ketones is 1. The van der Waals surface area contributed by atoms with E-state index in [1.54, 1.807) is 24.3 Å². The molecule has 0 aliphatic carbocycles. The Balaban J connectivity index is 1.84. The topological polar surface area (TPSA) is 104 Å². The Morgan fingerprint density at radius 2 is 1.42 bits per heavy atom. The molecule has 7 nitrogen and oxygen atoms in total. The first-order chi connectivity index (χ1) is 21.8. The number of β-lactam (4-membered cyclic amide) rings is 1. The number of rotatable bonds is 12. The van der Waals surface area contributed by atoms with Gasteiger partial charge in [-0.1, -0.05) is 122 Å². The molecule has 45 heavy (non-hydrogen) atoms. The van der Waals surface area contributed by atoms with E-state index in [1.165, 1.54) is 17.9 Å². The van der Waals surface area contributed by atoms with Gasteiger partial charge in [-0.3, -0.25) is 9.59 Å². The Morgan fingerprint density at radius 1 is 0.889 bits per heavy atom. The first-order valence-electron chi connectivity index (χ1n) is 14.8. The lowest BCUT2D eigenvalue weighted by Gasteiger charge is -2.50. The summed E-state index contributed by atoms with van der Waals surface area (Å²) >= 11 is 0. The van der Waals surface area contributed by atoms with E-state index in [9.17, 15) is 24.6 Å². The van der Waals surface area contributed by atoms with Gasteiger partial charge < -0.3 is 19.8 Å². The molecule has 4 aromatic carbocycles. The van der Waals surface area contributed by atoms with Gasteiger partial charge in [0.05, 0.1) is 24.7 Å². The molecule has 5 rings (SSSR count). The average Bonchev–Trinajstić information content (AvgIpc) is 3.08. The van der Waals surface area contributed by atoms with E-state index in [-0.39, 0.29) is 30.8 Å². The van der Waals surface area contributed by atoms with Gasteiger partial charge in [-0.25, -0.2) is 4.79 Å². The molecule has 1 heterocycles. The maximum Gasteiger partial charge on any atom is 0.356 e. The van der Waals surface area contributed by atoms with Gasteiger partial charge in [0.15, 0.2) is 5.78 Å². The number of nitrogens with zero attached hydrogens (tertiary/aromatic N) is 1. The van der Waals surface area contributed by atoms with Crippen molar-refractivity contribution in [2.75, 3.05) is 6.61 Å². The van der Waals surface area contributed by atoms with Crippen LogP contribution in [0.15, 0.2) is 128 Å². The van der Waals surface area contributed by atoms with Crippen LogP contribution >= 0.6 is 6.89 Å². The van der Waals surface area contributed by atoms with Crippen LogP contribution in [0.4, 0.5) is 0 Å². The van der Waals surface area contributed by atoms with Crippen LogP contribution in [0.2, 0.25) is 0 Å². The van der Waals surface area contributed by atoms with Gasteiger partial charge in [0.1, 0.15) is 12.0 Å². The van der Waals surface area contributed by atoms with Gasteiger partial charge in [0.25, 0.3) is 0 Å². The molecule has 1 fully saturated rings. The molecular weight excluding hydrogens is 585 g/mol. The molecule has 1 amide bonds. The molecule has 0 aromatic heterocycles. The fraction of sp³-hybridized carbons (Fsp3) is 0.189. The van der Waals surface area contributed by atoms with Crippen LogP contribution in [0, 0.1) is 5.92 Å². The van der Waals surface area contributed by atoms with Gasteiger partial charge in [0, 0.05) is 18.9 Å². The molecule has 0 saturated carbocycles. The highest BCUT2D eigenvalue weighted by Gasteiger charge is 2.55. The number of carbonyl (C=O) groups is 3. The molecule has 230 valence electrons. The van der Waals surface area contributed by atoms with Gasteiger partial charge in [-0.15, -0.1) is 0 Å². The molecule has 0 spiro atoms. The van der Waals surface area contributed by atoms with Crippen molar-refractivity contribution < 1.29 is 29.3 Å². The van der Waals surface area contributed by atoms with Crippen LogP contribution in [0.1, 0.15) is 29.3 Å². The minimum atomic E-state index is -3.15. The summed E-state index contributed by atoms with van der Waals surface area (Å²) in [5.41, 5.74) is 1.09. The van der Waals surface area contributed by atoms with Gasteiger partial charge in [0.2, 0.25) is 5.91 Å². The predicted octanol–water partition coefficient (Wildman–Crippen LogP) is 3.81.